The van der Waals surface area contributed by atoms with Crippen LogP contribution in [0.1, 0.15) is 48.4 Å². The Labute approximate surface area is 140 Å². The number of rotatable bonds is 5. The Morgan fingerprint density at radius 3 is 2.50 bits per heavy atom. The van der Waals surface area contributed by atoms with E-state index in [1.54, 1.807) is 45.2 Å². The second-order valence-electron chi connectivity index (χ2n) is 6.31. The summed E-state index contributed by atoms with van der Waals surface area (Å²) in [6.45, 7) is 7.67. The zero-order valence-corrected chi connectivity index (χ0v) is 14.3. The minimum absolute atomic E-state index is 0.142. The van der Waals surface area contributed by atoms with E-state index >= 15 is 0 Å². The molecule has 0 spiro atoms. The van der Waals surface area contributed by atoms with E-state index in [-0.39, 0.29) is 18.2 Å². The Kier molecular flexibility index (Phi) is 5.33. The van der Waals surface area contributed by atoms with Gasteiger partial charge in [-0.1, -0.05) is 0 Å². The first-order valence-electron chi connectivity index (χ1n) is 7.61. The largest absolute Gasteiger partial charge is 0.469 e. The molecule has 130 valence electrons. The molecule has 2 amide bonds. The number of hydrogen-bond donors (Lipinski definition) is 2. The van der Waals surface area contributed by atoms with Gasteiger partial charge < -0.3 is 24.2 Å². The first-order valence-corrected chi connectivity index (χ1v) is 7.61. The lowest BCUT2D eigenvalue weighted by Crippen LogP contribution is -2.32. The fourth-order valence-electron chi connectivity index (χ4n) is 1.93. The first-order chi connectivity index (χ1) is 11.2. The van der Waals surface area contributed by atoms with Crippen molar-refractivity contribution >= 4 is 12.0 Å². The van der Waals surface area contributed by atoms with Gasteiger partial charge in [0.1, 0.15) is 17.1 Å². The van der Waals surface area contributed by atoms with Crippen molar-refractivity contribution in [1.82, 2.24) is 10.6 Å². The van der Waals surface area contributed by atoms with Gasteiger partial charge in [0.15, 0.2) is 5.76 Å². The molecule has 0 aliphatic rings. The molecule has 2 heterocycles. The second-order valence-corrected chi connectivity index (χ2v) is 6.31. The molecule has 0 fully saturated rings. The van der Waals surface area contributed by atoms with Crippen LogP contribution >= 0.6 is 0 Å². The van der Waals surface area contributed by atoms with Gasteiger partial charge in [0.05, 0.1) is 12.8 Å². The van der Waals surface area contributed by atoms with E-state index < -0.39 is 11.7 Å². The topological polar surface area (TPSA) is 93.7 Å². The van der Waals surface area contributed by atoms with Crippen LogP contribution in [0.2, 0.25) is 0 Å². The minimum atomic E-state index is -0.566. The molecule has 7 nitrogen and oxygen atoms in total. The molecule has 0 aromatic carbocycles. The highest BCUT2D eigenvalue weighted by Gasteiger charge is 2.17. The van der Waals surface area contributed by atoms with Crippen LogP contribution in [0, 0.1) is 6.92 Å². The average Bonchev–Trinajstić information content (AvgIpc) is 3.10. The molecule has 0 aliphatic carbocycles. The summed E-state index contributed by atoms with van der Waals surface area (Å²) in [5.74, 6) is 1.07. The van der Waals surface area contributed by atoms with Crippen LogP contribution < -0.4 is 10.6 Å². The molecule has 0 atom stereocenters. The van der Waals surface area contributed by atoms with Crippen LogP contribution in [0.25, 0.3) is 0 Å². The molecule has 2 rings (SSSR count). The third kappa shape index (κ3) is 5.19. The maximum Gasteiger partial charge on any atom is 0.408 e. The smallest absolute Gasteiger partial charge is 0.408 e. The fourth-order valence-corrected chi connectivity index (χ4v) is 1.93. The van der Waals surface area contributed by atoms with Gasteiger partial charge in [-0.25, -0.2) is 4.79 Å². The average molecular weight is 334 g/mol. The van der Waals surface area contributed by atoms with Crippen molar-refractivity contribution in [3.8, 4) is 0 Å². The summed E-state index contributed by atoms with van der Waals surface area (Å²) in [5, 5.41) is 5.32. The molecule has 7 heteroatoms. The summed E-state index contributed by atoms with van der Waals surface area (Å²) in [7, 11) is 0. The maximum absolute atomic E-state index is 12.0. The lowest BCUT2D eigenvalue weighted by atomic mass is 10.2. The van der Waals surface area contributed by atoms with Crippen LogP contribution in [0.4, 0.5) is 4.79 Å². The molecule has 0 bridgehead atoms. The van der Waals surface area contributed by atoms with E-state index in [0.29, 0.717) is 12.3 Å². The lowest BCUT2D eigenvalue weighted by molar-refractivity contribution is 0.0520. The first kappa shape index (κ1) is 17.7. The zero-order chi connectivity index (χ0) is 17.7. The summed E-state index contributed by atoms with van der Waals surface area (Å²) in [6.07, 6.45) is 1.03. The van der Waals surface area contributed by atoms with E-state index in [4.69, 9.17) is 13.6 Å². The lowest BCUT2D eigenvalue weighted by Gasteiger charge is -2.19. The summed E-state index contributed by atoms with van der Waals surface area (Å²) in [6, 6.07) is 4.99. The maximum atomic E-state index is 12.0. The number of amides is 2. The second kappa shape index (κ2) is 7.25. The number of hydrogen-bond acceptors (Lipinski definition) is 5. The molecule has 24 heavy (non-hydrogen) atoms. The SMILES string of the molecule is Cc1occc1CNC(=O)c1ccc(CNC(=O)OC(C)(C)C)o1. The third-order valence-electron chi connectivity index (χ3n) is 3.10. The number of nitrogens with one attached hydrogen (secondary N) is 2. The van der Waals surface area contributed by atoms with Gasteiger partial charge in [-0.2, -0.15) is 0 Å². The molecule has 2 aromatic rings. The van der Waals surface area contributed by atoms with Crippen LogP contribution in [-0.4, -0.2) is 17.6 Å². The molecule has 0 saturated carbocycles. The Bertz CT molecular complexity index is 709. The minimum Gasteiger partial charge on any atom is -0.469 e. The van der Waals surface area contributed by atoms with Crippen LogP contribution in [0.3, 0.4) is 0 Å². The van der Waals surface area contributed by atoms with Gasteiger partial charge in [0.2, 0.25) is 0 Å². The quantitative estimate of drug-likeness (QED) is 0.876. The van der Waals surface area contributed by atoms with Crippen LogP contribution in [0.5, 0.6) is 0 Å². The van der Waals surface area contributed by atoms with Crippen molar-refractivity contribution in [2.24, 2.45) is 0 Å². The molecule has 0 unspecified atom stereocenters. The Morgan fingerprint density at radius 2 is 1.88 bits per heavy atom. The van der Waals surface area contributed by atoms with Crippen molar-refractivity contribution in [3.05, 3.63) is 47.3 Å². The number of aryl methyl sites for hydroxylation is 1. The van der Waals surface area contributed by atoms with Crippen molar-refractivity contribution < 1.29 is 23.2 Å². The zero-order valence-electron chi connectivity index (χ0n) is 14.3. The predicted octanol–water partition coefficient (Wildman–Crippen LogP) is 3.14. The van der Waals surface area contributed by atoms with E-state index in [1.165, 1.54) is 0 Å². The van der Waals surface area contributed by atoms with Crippen LogP contribution in [0.15, 0.2) is 33.3 Å². The molecule has 2 N–H and O–H groups in total. The number of furan rings is 2. The number of carbonyl (C=O) groups excluding carboxylic acids is 2. The highest BCUT2D eigenvalue weighted by molar-refractivity contribution is 5.91. The van der Waals surface area contributed by atoms with Gasteiger partial charge >= 0.3 is 6.09 Å². The Hall–Kier alpha value is -2.70. The standard InChI is InChI=1S/C17H22N2O5/c1-11-12(7-8-22-11)9-18-15(20)14-6-5-13(23-14)10-19-16(21)24-17(2,3)4/h5-8H,9-10H2,1-4H3,(H,18,20)(H,19,21). The summed E-state index contributed by atoms with van der Waals surface area (Å²) in [4.78, 5) is 23.6. The van der Waals surface area contributed by atoms with E-state index in [1.807, 2.05) is 6.92 Å². The number of alkyl carbamates (subject to hydrolysis) is 1. The Balaban J connectivity index is 1.82. The summed E-state index contributed by atoms with van der Waals surface area (Å²) >= 11 is 0. The summed E-state index contributed by atoms with van der Waals surface area (Å²) < 4.78 is 15.7. The van der Waals surface area contributed by atoms with Crippen molar-refractivity contribution in [3.63, 3.8) is 0 Å². The van der Waals surface area contributed by atoms with E-state index in [0.717, 1.165) is 11.3 Å². The Morgan fingerprint density at radius 1 is 1.12 bits per heavy atom. The normalized spacial score (nSPS) is 11.2. The predicted molar refractivity (Wildman–Crippen MR) is 86.4 cm³/mol. The molecule has 0 saturated heterocycles. The van der Waals surface area contributed by atoms with Crippen LogP contribution in [-0.2, 0) is 17.8 Å². The van der Waals surface area contributed by atoms with Crippen molar-refractivity contribution in [2.75, 3.05) is 0 Å². The highest BCUT2D eigenvalue weighted by atomic mass is 16.6. The van der Waals surface area contributed by atoms with Gasteiger partial charge in [0, 0.05) is 12.1 Å². The summed E-state index contributed by atoms with van der Waals surface area (Å²) in [5.41, 5.74) is 0.338. The van der Waals surface area contributed by atoms with Crippen molar-refractivity contribution in [1.29, 1.82) is 0 Å². The highest BCUT2D eigenvalue weighted by Crippen LogP contribution is 2.11. The van der Waals surface area contributed by atoms with Crippen molar-refractivity contribution in [2.45, 2.75) is 46.4 Å². The molecular weight excluding hydrogens is 312 g/mol. The molecule has 0 aliphatic heterocycles. The molecule has 0 radical (unpaired) electrons. The van der Waals surface area contributed by atoms with Gasteiger partial charge in [-0.05, 0) is 45.9 Å². The number of carbonyl (C=O) groups is 2. The molecule has 2 aromatic heterocycles. The third-order valence-corrected chi connectivity index (χ3v) is 3.10. The fraction of sp³-hybridized carbons (Fsp3) is 0.412. The number of ether oxygens (including phenoxy) is 1. The van der Waals surface area contributed by atoms with Gasteiger partial charge in [0.25, 0.3) is 5.91 Å². The van der Waals surface area contributed by atoms with Gasteiger partial charge in [-0.3, -0.25) is 4.79 Å². The molecular formula is C17H22N2O5. The monoisotopic (exact) mass is 334 g/mol. The van der Waals surface area contributed by atoms with E-state index in [9.17, 15) is 9.59 Å². The van der Waals surface area contributed by atoms with E-state index in [2.05, 4.69) is 10.6 Å². The van der Waals surface area contributed by atoms with Gasteiger partial charge in [-0.15, -0.1) is 0 Å².